The lowest BCUT2D eigenvalue weighted by molar-refractivity contribution is -0.808. The molecule has 0 aliphatic heterocycles. The van der Waals surface area contributed by atoms with E-state index in [2.05, 4.69) is 5.10 Å². The predicted octanol–water partition coefficient (Wildman–Crippen LogP) is 0.405. The van der Waals surface area contributed by atoms with Crippen molar-refractivity contribution in [3.8, 4) is 0 Å². The molecule has 0 saturated heterocycles. The first-order valence-corrected chi connectivity index (χ1v) is 8.35. The normalized spacial score (nSPS) is 15.3. The van der Waals surface area contributed by atoms with Gasteiger partial charge in [0.15, 0.2) is 5.78 Å². The summed E-state index contributed by atoms with van der Waals surface area (Å²) < 4.78 is 22.4. The molecule has 0 saturated carbocycles. The number of rotatable bonds is 4. The Morgan fingerprint density at radius 2 is 1.55 bits per heavy atom. The van der Waals surface area contributed by atoms with Crippen molar-refractivity contribution in [1.29, 1.82) is 0 Å². The summed E-state index contributed by atoms with van der Waals surface area (Å²) in [5.74, 6) is -0.0286. The van der Waals surface area contributed by atoms with Crippen molar-refractivity contribution in [2.24, 2.45) is 16.6 Å². The molecule has 0 amide bonds. The Balaban J connectivity index is 0.000000415. The number of nitrogens with zero attached hydrogens (tertiary/aromatic N) is 2. The van der Waals surface area contributed by atoms with Gasteiger partial charge in [0.2, 0.25) is 5.96 Å². The van der Waals surface area contributed by atoms with Gasteiger partial charge in [0, 0.05) is 11.1 Å². The van der Waals surface area contributed by atoms with E-state index in [1.807, 2.05) is 24.3 Å². The van der Waals surface area contributed by atoms with Crippen LogP contribution in [0, 0.1) is 0 Å². The zero-order valence-corrected chi connectivity index (χ0v) is 14.4. The first kappa shape index (κ1) is 20.4. The van der Waals surface area contributed by atoms with Gasteiger partial charge in [-0.05, 0) is 18.9 Å². The van der Waals surface area contributed by atoms with Gasteiger partial charge in [0.05, 0.1) is 6.26 Å². The Kier molecular flexibility index (Phi) is 7.01. The van der Waals surface area contributed by atoms with Crippen LogP contribution in [0.1, 0.15) is 13.8 Å². The molecule has 124 valence electrons. The third-order valence-corrected chi connectivity index (χ3v) is 5.15. The molecule has 9 heteroatoms. The maximum atomic E-state index is 11.4. The molecule has 2 rings (SSSR count). The minimum absolute atomic E-state index is 0. The number of fused-ring (bicyclic) bond motifs is 2. The molecular formula is C13H22ClN4O3S+. The molecule has 0 aromatic heterocycles. The van der Waals surface area contributed by atoms with Gasteiger partial charge in [0.25, 0.3) is 0 Å². The average molecular weight is 350 g/mol. The highest BCUT2D eigenvalue weighted by Gasteiger charge is 2.35. The zero-order valence-electron chi connectivity index (χ0n) is 12.8. The highest BCUT2D eigenvalue weighted by molar-refractivity contribution is 7.85. The summed E-state index contributed by atoms with van der Waals surface area (Å²) in [7, 11) is -3.33. The highest BCUT2D eigenvalue weighted by atomic mass is 35.5. The molecule has 0 radical (unpaired) electrons. The topological polar surface area (TPSA) is 116 Å². The molecule has 0 heterocycles. The standard InChI is InChI=1S/C7H4O.C6H17N4O2S.ClH/c8-7-5-1-2-6(7)4-3-5;1-4-10(5-2,9-6(7)8)13(3,11)12;/h1-4H;4-5H2,1-3H3,(H4,7,8,9);1H/q;+1;. The van der Waals surface area contributed by atoms with E-state index in [1.165, 1.54) is 0 Å². The fraction of sp³-hybridized carbons (Fsp3) is 0.385. The molecule has 0 unspecified atom stereocenters. The monoisotopic (exact) mass is 349 g/mol. The van der Waals surface area contributed by atoms with Crippen LogP contribution in [0.4, 0.5) is 0 Å². The summed E-state index contributed by atoms with van der Waals surface area (Å²) in [6.45, 7) is 4.06. The molecule has 2 bridgehead atoms. The van der Waals surface area contributed by atoms with Crippen LogP contribution >= 0.6 is 12.4 Å². The number of ketones is 1. The van der Waals surface area contributed by atoms with Crippen molar-refractivity contribution in [3.63, 3.8) is 0 Å². The van der Waals surface area contributed by atoms with E-state index in [1.54, 1.807) is 13.8 Å². The Labute approximate surface area is 137 Å². The fourth-order valence-electron chi connectivity index (χ4n) is 2.06. The Morgan fingerprint density at radius 3 is 1.64 bits per heavy atom. The minimum atomic E-state index is -3.33. The van der Waals surface area contributed by atoms with Crippen LogP contribution in [-0.4, -0.2) is 43.5 Å². The number of hydrogen-bond acceptors (Lipinski definition) is 4. The molecule has 2 aliphatic carbocycles. The maximum absolute atomic E-state index is 11.4. The number of sulfonamides is 1. The van der Waals surface area contributed by atoms with Crippen LogP contribution in [0.5, 0.6) is 0 Å². The van der Waals surface area contributed by atoms with Gasteiger partial charge in [-0.2, -0.15) is 8.42 Å². The third-order valence-electron chi connectivity index (χ3n) is 3.31. The second-order valence-electron chi connectivity index (χ2n) is 4.64. The van der Waals surface area contributed by atoms with Crippen LogP contribution in [0.25, 0.3) is 0 Å². The largest absolute Gasteiger partial charge is 0.366 e. The smallest absolute Gasteiger partial charge is 0.318 e. The van der Waals surface area contributed by atoms with Crippen molar-refractivity contribution >= 4 is 34.2 Å². The van der Waals surface area contributed by atoms with E-state index >= 15 is 0 Å². The van der Waals surface area contributed by atoms with Gasteiger partial charge in [-0.1, -0.05) is 28.3 Å². The average Bonchev–Trinajstić information content (AvgIpc) is 2.93. The Hall–Kier alpha value is -1.64. The number of carbonyl (C=O) groups is 1. The van der Waals surface area contributed by atoms with Crippen LogP contribution < -0.4 is 11.5 Å². The molecule has 22 heavy (non-hydrogen) atoms. The number of hydrogen-bond donors (Lipinski definition) is 2. The van der Waals surface area contributed by atoms with Crippen LogP contribution in [0.2, 0.25) is 0 Å². The lowest BCUT2D eigenvalue weighted by Gasteiger charge is -2.26. The summed E-state index contributed by atoms with van der Waals surface area (Å²) in [6.07, 6.45) is 8.50. The Morgan fingerprint density at radius 1 is 1.14 bits per heavy atom. The van der Waals surface area contributed by atoms with Crippen molar-refractivity contribution in [2.75, 3.05) is 19.3 Å². The SMILES string of the molecule is CC[N+](CC)(N=C(N)N)S(C)(=O)=O.Cl.O=C1C2=CC=C1C=C2. The molecule has 0 spiro atoms. The van der Waals surface area contributed by atoms with E-state index < -0.39 is 14.0 Å². The van der Waals surface area contributed by atoms with Gasteiger partial charge in [-0.3, -0.25) is 4.79 Å². The quantitative estimate of drug-likeness (QED) is 0.330. The molecule has 7 nitrogen and oxygen atoms in total. The molecule has 2 aliphatic rings. The van der Waals surface area contributed by atoms with Crippen LogP contribution in [-0.2, 0) is 14.8 Å². The molecule has 4 N–H and O–H groups in total. The minimum Gasteiger partial charge on any atom is -0.366 e. The van der Waals surface area contributed by atoms with Gasteiger partial charge in [-0.15, -0.1) is 12.4 Å². The van der Waals surface area contributed by atoms with Crippen LogP contribution in [0.3, 0.4) is 0 Å². The summed E-state index contributed by atoms with van der Waals surface area (Å²) in [4.78, 5) is 10.8. The highest BCUT2D eigenvalue weighted by Crippen LogP contribution is 2.23. The van der Waals surface area contributed by atoms with Crippen molar-refractivity contribution in [1.82, 2.24) is 0 Å². The maximum Gasteiger partial charge on any atom is 0.318 e. The Bertz CT molecular complexity index is 631. The van der Waals surface area contributed by atoms with Gasteiger partial charge >= 0.3 is 10.0 Å². The van der Waals surface area contributed by atoms with Gasteiger partial charge in [0.1, 0.15) is 13.1 Å². The van der Waals surface area contributed by atoms with Crippen molar-refractivity contribution in [3.05, 3.63) is 35.5 Å². The molecule has 0 fully saturated rings. The second kappa shape index (κ2) is 7.57. The number of guanidine groups is 1. The molecular weight excluding hydrogens is 328 g/mol. The molecule has 0 atom stereocenters. The van der Waals surface area contributed by atoms with Gasteiger partial charge < -0.3 is 11.5 Å². The number of allylic oxidation sites excluding steroid dienone is 6. The van der Waals surface area contributed by atoms with E-state index in [4.69, 9.17) is 11.5 Å². The number of nitrogens with two attached hydrogens (primary N) is 2. The third kappa shape index (κ3) is 4.19. The van der Waals surface area contributed by atoms with E-state index in [9.17, 15) is 13.2 Å². The first-order valence-electron chi connectivity index (χ1n) is 6.50. The van der Waals surface area contributed by atoms with E-state index in [0.717, 1.165) is 17.4 Å². The lowest BCUT2D eigenvalue weighted by Crippen LogP contribution is -2.49. The van der Waals surface area contributed by atoms with Crippen molar-refractivity contribution in [2.45, 2.75) is 13.8 Å². The first-order chi connectivity index (χ1) is 9.66. The number of Topliss-reactive ketones (excluding diaryl/α,β-unsaturated/α-hetero) is 1. The van der Waals surface area contributed by atoms with Crippen molar-refractivity contribution < 1.29 is 17.2 Å². The number of carbonyl (C=O) groups excluding carboxylic acids is 1. The second-order valence-corrected chi connectivity index (χ2v) is 6.79. The number of quaternary nitrogens is 1. The summed E-state index contributed by atoms with van der Waals surface area (Å²) in [5, 5.41) is 3.74. The summed E-state index contributed by atoms with van der Waals surface area (Å²) >= 11 is 0. The van der Waals surface area contributed by atoms with Gasteiger partial charge in [-0.25, -0.2) is 0 Å². The predicted molar refractivity (Wildman–Crippen MR) is 89.6 cm³/mol. The van der Waals surface area contributed by atoms with Crippen LogP contribution in [0.15, 0.2) is 40.6 Å². The summed E-state index contributed by atoms with van der Waals surface area (Å²) in [5.41, 5.74) is 12.0. The summed E-state index contributed by atoms with van der Waals surface area (Å²) in [6, 6.07) is 0. The molecule has 0 aromatic rings. The zero-order chi connectivity index (χ0) is 16.3. The lowest BCUT2D eigenvalue weighted by atomic mass is 10.2. The van der Waals surface area contributed by atoms with E-state index in [-0.39, 0.29) is 24.1 Å². The fourth-order valence-corrected chi connectivity index (χ4v) is 3.24. The number of halogens is 1. The van der Waals surface area contributed by atoms with E-state index in [0.29, 0.717) is 13.1 Å². The molecule has 0 aromatic carbocycles.